The van der Waals surface area contributed by atoms with Gasteiger partial charge in [-0.15, -0.1) is 0 Å². The van der Waals surface area contributed by atoms with E-state index in [9.17, 15) is 4.21 Å². The predicted octanol–water partition coefficient (Wildman–Crippen LogP) is 1.99. The Kier molecular flexibility index (Phi) is 5.39. The van der Waals surface area contributed by atoms with Gasteiger partial charge in [-0.3, -0.25) is 0 Å². The summed E-state index contributed by atoms with van der Waals surface area (Å²) in [6, 6.07) is 0. The van der Waals surface area contributed by atoms with Gasteiger partial charge >= 0.3 is 0 Å². The minimum atomic E-state index is -1.03. The van der Waals surface area contributed by atoms with Crippen LogP contribution in [0, 0.1) is 0 Å². The van der Waals surface area contributed by atoms with E-state index in [-0.39, 0.29) is 5.25 Å². The maximum atomic E-state index is 10.6. The highest BCUT2D eigenvalue weighted by molar-refractivity contribution is 8.22. The summed E-state index contributed by atoms with van der Waals surface area (Å²) in [6.45, 7) is 4.07. The van der Waals surface area contributed by atoms with Crippen molar-refractivity contribution in [3.63, 3.8) is 0 Å². The monoisotopic (exact) mass is 165 g/mol. The second kappa shape index (κ2) is 5.18. The van der Waals surface area contributed by atoms with Crippen molar-refractivity contribution in [3.05, 3.63) is 0 Å². The molecule has 0 fully saturated rings. The molecule has 0 heterocycles. The van der Waals surface area contributed by atoms with Crippen LogP contribution >= 0.6 is 0 Å². The summed E-state index contributed by atoms with van der Waals surface area (Å²) >= 11 is 4.59. The maximum absolute atomic E-state index is 10.6. The van der Waals surface area contributed by atoms with Gasteiger partial charge in [-0.2, -0.15) is 0 Å². The third-order valence-corrected chi connectivity index (χ3v) is 3.17. The second-order valence-electron chi connectivity index (χ2n) is 2.21. The van der Waals surface area contributed by atoms with Gasteiger partial charge in [-0.25, -0.2) is 20.5 Å². The molecule has 3 heteroatoms. The average Bonchev–Trinajstić information content (AvgIpc) is 1.82. The summed E-state index contributed by atoms with van der Waals surface area (Å²) in [7, 11) is -1.03. The van der Waals surface area contributed by atoms with E-state index in [0.717, 1.165) is 19.3 Å². The van der Waals surface area contributed by atoms with Gasteiger partial charge in [-0.05, 0) is 0 Å². The molecule has 56 valence electrons. The molecule has 0 N–H and O–H groups in total. The second-order valence-corrected chi connectivity index (χ2v) is 4.52. The highest BCUT2D eigenvalue weighted by Crippen LogP contribution is 2.02. The van der Waals surface area contributed by atoms with E-state index in [1.54, 1.807) is 0 Å². The van der Waals surface area contributed by atoms with Crippen molar-refractivity contribution >= 4 is 20.5 Å². The molecule has 1 atom stereocenters. The predicted molar refractivity (Wildman–Crippen MR) is 44.4 cm³/mol. The Morgan fingerprint density at radius 2 is 2.22 bits per heavy atom. The van der Waals surface area contributed by atoms with Crippen molar-refractivity contribution in [2.45, 2.75) is 38.4 Å². The van der Waals surface area contributed by atoms with Crippen LogP contribution in [0.2, 0.25) is 0 Å². The maximum Gasteiger partial charge on any atom is -0.0549 e. The van der Waals surface area contributed by atoms with Crippen molar-refractivity contribution in [1.82, 2.24) is 0 Å². The third kappa shape index (κ3) is 4.85. The van der Waals surface area contributed by atoms with Gasteiger partial charge in [0, 0.05) is 0 Å². The van der Waals surface area contributed by atoms with Crippen LogP contribution < -0.4 is 0 Å². The number of hydrogen-bond acceptors (Lipinski definition) is 3. The molecular weight excluding hydrogens is 152 g/mol. The Balaban J connectivity index is 3.38. The largest absolute Gasteiger partial charge is 0.451 e. The molecule has 9 heavy (non-hydrogen) atoms. The molecule has 0 saturated heterocycles. The molecule has 0 spiro atoms. The van der Waals surface area contributed by atoms with Gasteiger partial charge in [0.15, 0.2) is 0 Å². The lowest BCUT2D eigenvalue weighted by Crippen LogP contribution is -2.00. The molecule has 0 aromatic carbocycles. The van der Waals surface area contributed by atoms with Gasteiger partial charge in [0.05, 0.1) is 0 Å². The fourth-order valence-electron chi connectivity index (χ4n) is 0.588. The zero-order chi connectivity index (χ0) is 7.28. The first-order valence-corrected chi connectivity index (χ1v) is 5.40. The van der Waals surface area contributed by atoms with E-state index < -0.39 is 9.36 Å². The Labute approximate surface area is 63.5 Å². The van der Waals surface area contributed by atoms with Crippen LogP contribution in [0.1, 0.15) is 33.1 Å². The summed E-state index contributed by atoms with van der Waals surface area (Å²) < 4.78 is 10.6. The minimum absolute atomic E-state index is 0.208. The highest BCUT2D eigenvalue weighted by atomic mass is 32.8. The molecule has 1 nitrogen and oxygen atoms in total. The molecule has 0 amide bonds. The van der Waals surface area contributed by atoms with E-state index in [1.807, 2.05) is 6.92 Å². The minimum Gasteiger partial charge on any atom is -0.451 e. The molecule has 0 bridgehead atoms. The summed E-state index contributed by atoms with van der Waals surface area (Å²) in [5, 5.41) is 0.208. The summed E-state index contributed by atoms with van der Waals surface area (Å²) in [4.78, 5) is 0. The molecule has 1 unspecified atom stereocenters. The van der Waals surface area contributed by atoms with Crippen LogP contribution in [-0.4, -0.2) is 5.25 Å². The van der Waals surface area contributed by atoms with Crippen LogP contribution in [0.5, 0.6) is 0 Å². The average molecular weight is 165 g/mol. The van der Waals surface area contributed by atoms with Crippen LogP contribution in [0.3, 0.4) is 0 Å². The smallest absolute Gasteiger partial charge is 0.0549 e. The van der Waals surface area contributed by atoms with Crippen molar-refractivity contribution in [2.24, 2.45) is 0 Å². The van der Waals surface area contributed by atoms with E-state index in [4.69, 9.17) is 0 Å². The van der Waals surface area contributed by atoms with Gasteiger partial charge in [0.1, 0.15) is 0 Å². The topological polar surface area (TPSA) is 17.1 Å². The zero-order valence-corrected chi connectivity index (χ0v) is 7.56. The van der Waals surface area contributed by atoms with E-state index >= 15 is 0 Å². The van der Waals surface area contributed by atoms with Crippen molar-refractivity contribution in [2.75, 3.05) is 0 Å². The van der Waals surface area contributed by atoms with Crippen molar-refractivity contribution in [3.8, 4) is 0 Å². The van der Waals surface area contributed by atoms with E-state index in [2.05, 4.69) is 18.1 Å². The first kappa shape index (κ1) is 9.37. The highest BCUT2D eigenvalue weighted by Gasteiger charge is 1.90. The Hall–Kier alpha value is 0.370. The molecule has 0 aliphatic carbocycles. The van der Waals surface area contributed by atoms with Crippen LogP contribution in [-0.2, 0) is 24.8 Å². The van der Waals surface area contributed by atoms with Crippen LogP contribution in [0.4, 0.5) is 0 Å². The molecule has 0 radical (unpaired) electrons. The number of unbranched alkanes of at least 4 members (excludes halogenated alkanes) is 1. The molecule has 0 aliphatic rings. The first-order valence-electron chi connectivity index (χ1n) is 3.26. The van der Waals surface area contributed by atoms with Crippen molar-refractivity contribution in [1.29, 1.82) is 0 Å². The third-order valence-electron chi connectivity index (χ3n) is 1.29. The lowest BCUT2D eigenvalue weighted by Gasteiger charge is -2.10. The van der Waals surface area contributed by atoms with Gasteiger partial charge in [0.2, 0.25) is 0 Å². The standard InChI is InChI=1S/C6H13OS2/c1-3-4-5-6(2)9(7)8/h6H,3-5H2,1-2H3/q-1. The van der Waals surface area contributed by atoms with Crippen LogP contribution in [0.25, 0.3) is 0 Å². The summed E-state index contributed by atoms with van der Waals surface area (Å²) in [5.41, 5.74) is 0. The fourth-order valence-corrected chi connectivity index (χ4v) is 1.24. The van der Waals surface area contributed by atoms with E-state index in [0.29, 0.717) is 0 Å². The lowest BCUT2D eigenvalue weighted by molar-refractivity contribution is 0.591. The SMILES string of the molecule is CCCCC(C)[S-](=O)=S. The van der Waals surface area contributed by atoms with Crippen LogP contribution in [0.15, 0.2) is 0 Å². The lowest BCUT2D eigenvalue weighted by atomic mass is 10.2. The summed E-state index contributed by atoms with van der Waals surface area (Å²) in [6.07, 6.45) is 3.31. The van der Waals surface area contributed by atoms with E-state index in [1.165, 1.54) is 0 Å². The number of hydrogen-bond donors (Lipinski definition) is 0. The molecule has 0 rings (SSSR count). The summed E-state index contributed by atoms with van der Waals surface area (Å²) in [5.74, 6) is 0. The Bertz CT molecular complexity index is 121. The van der Waals surface area contributed by atoms with Gasteiger partial charge in [-0.1, -0.05) is 38.4 Å². The molecule has 0 aromatic heterocycles. The Morgan fingerprint density at radius 3 is 2.56 bits per heavy atom. The molecular formula is C6H13OS2-. The first-order chi connectivity index (χ1) is 4.18. The number of rotatable bonds is 4. The Morgan fingerprint density at radius 1 is 1.67 bits per heavy atom. The van der Waals surface area contributed by atoms with Gasteiger partial charge in [0.25, 0.3) is 0 Å². The fraction of sp³-hybridized carbons (Fsp3) is 1.00. The molecule has 0 aromatic rings. The zero-order valence-electron chi connectivity index (χ0n) is 5.92. The normalized spacial score (nSPS) is 14.1. The quantitative estimate of drug-likeness (QED) is 0.593. The van der Waals surface area contributed by atoms with Gasteiger partial charge < -0.3 is 4.21 Å². The van der Waals surface area contributed by atoms with Crippen molar-refractivity contribution < 1.29 is 4.21 Å². The molecule has 0 saturated carbocycles. The molecule has 0 aliphatic heterocycles.